The molecule has 2 unspecified atom stereocenters. The molecule has 4 aromatic carbocycles. The smallest absolute Gasteiger partial charge is 0.317 e. The highest BCUT2D eigenvalue weighted by Gasteiger charge is 2.89. The normalized spacial score (nSPS) is 23.6. The molecular formula is C38H28O3. The van der Waals surface area contributed by atoms with E-state index in [9.17, 15) is 9.59 Å². The number of methoxy groups -OCH3 is 1. The molecule has 0 aliphatic heterocycles. The maximum atomic E-state index is 13.7. The molecule has 0 saturated heterocycles. The van der Waals surface area contributed by atoms with Crippen LogP contribution in [0.4, 0.5) is 0 Å². The van der Waals surface area contributed by atoms with Crippen molar-refractivity contribution in [2.45, 2.75) is 38.0 Å². The van der Waals surface area contributed by atoms with Crippen molar-refractivity contribution in [3.05, 3.63) is 141 Å². The summed E-state index contributed by atoms with van der Waals surface area (Å²) in [5, 5.41) is 0. The van der Waals surface area contributed by atoms with Gasteiger partial charge in [0, 0.05) is 45.1 Å². The van der Waals surface area contributed by atoms with Crippen molar-refractivity contribution in [1.29, 1.82) is 0 Å². The summed E-state index contributed by atoms with van der Waals surface area (Å²) in [6.07, 6.45) is 0. The van der Waals surface area contributed by atoms with Crippen LogP contribution < -0.4 is 0 Å². The van der Waals surface area contributed by atoms with Crippen molar-refractivity contribution in [3.8, 4) is 23.7 Å². The monoisotopic (exact) mass is 532 g/mol. The lowest BCUT2D eigenvalue weighted by Crippen LogP contribution is -2.28. The Kier molecular flexibility index (Phi) is 5.41. The van der Waals surface area contributed by atoms with E-state index >= 15 is 0 Å². The summed E-state index contributed by atoms with van der Waals surface area (Å²) >= 11 is 0. The fourth-order valence-corrected chi connectivity index (χ4v) is 7.94. The van der Waals surface area contributed by atoms with Gasteiger partial charge in [-0.2, -0.15) is 0 Å². The third-order valence-corrected chi connectivity index (χ3v) is 9.46. The molecule has 41 heavy (non-hydrogen) atoms. The number of benzene rings is 4. The quantitative estimate of drug-likeness (QED) is 0.168. The van der Waals surface area contributed by atoms with E-state index in [1.54, 1.807) is 0 Å². The molecule has 0 aromatic heterocycles. The van der Waals surface area contributed by atoms with Crippen LogP contribution in [0.1, 0.15) is 86.1 Å². The molecule has 0 bridgehead atoms. The molecule has 3 heteroatoms. The van der Waals surface area contributed by atoms with E-state index in [0.717, 1.165) is 33.4 Å². The molecule has 4 aromatic rings. The van der Waals surface area contributed by atoms with Gasteiger partial charge in [-0.1, -0.05) is 84.8 Å². The Morgan fingerprint density at radius 3 is 2.24 bits per heavy atom. The topological polar surface area (TPSA) is 43.4 Å². The van der Waals surface area contributed by atoms with Gasteiger partial charge in [0.2, 0.25) is 0 Å². The summed E-state index contributed by atoms with van der Waals surface area (Å²) < 4.78 is 5.50. The van der Waals surface area contributed by atoms with Gasteiger partial charge in [0.25, 0.3) is 0 Å². The highest BCUT2D eigenvalue weighted by molar-refractivity contribution is 6.09. The lowest BCUT2D eigenvalue weighted by Gasteiger charge is -2.20. The second-order valence-electron chi connectivity index (χ2n) is 11.4. The summed E-state index contributed by atoms with van der Waals surface area (Å²) in [5.74, 6) is 12.9. The number of carbonyl (C=O) groups excluding carboxylic acids is 2. The first-order valence-corrected chi connectivity index (χ1v) is 13.9. The summed E-state index contributed by atoms with van der Waals surface area (Å²) in [4.78, 5) is 26.9. The van der Waals surface area contributed by atoms with Gasteiger partial charge in [0.05, 0.1) is 7.11 Å². The van der Waals surface area contributed by atoms with Crippen LogP contribution in [0, 0.1) is 36.0 Å². The van der Waals surface area contributed by atoms with Gasteiger partial charge in [-0.3, -0.25) is 9.59 Å². The van der Waals surface area contributed by atoms with Crippen molar-refractivity contribution in [1.82, 2.24) is 0 Å². The molecule has 0 radical (unpaired) electrons. The molecule has 3 aliphatic carbocycles. The van der Waals surface area contributed by atoms with Crippen LogP contribution in [-0.4, -0.2) is 18.9 Å². The summed E-state index contributed by atoms with van der Waals surface area (Å²) in [5.41, 5.74) is 8.26. The summed E-state index contributed by atoms with van der Waals surface area (Å²) in [6.45, 7) is 6.02. The molecule has 0 spiro atoms. The summed E-state index contributed by atoms with van der Waals surface area (Å²) in [6, 6.07) is 27.6. The van der Waals surface area contributed by atoms with Crippen LogP contribution in [-0.2, 0) is 14.9 Å². The predicted molar refractivity (Wildman–Crippen MR) is 159 cm³/mol. The van der Waals surface area contributed by atoms with E-state index in [4.69, 9.17) is 4.74 Å². The molecular weight excluding hydrogens is 504 g/mol. The van der Waals surface area contributed by atoms with Gasteiger partial charge in [-0.05, 0) is 66.4 Å². The highest BCUT2D eigenvalue weighted by Crippen LogP contribution is 2.89. The number of hydrogen-bond acceptors (Lipinski definition) is 3. The highest BCUT2D eigenvalue weighted by atomic mass is 16.5. The number of fused-ring (bicyclic) bond motifs is 7. The van der Waals surface area contributed by atoms with E-state index < -0.39 is 5.41 Å². The maximum Gasteiger partial charge on any atom is 0.317 e. The molecule has 1 saturated carbocycles. The minimum absolute atomic E-state index is 0.0231. The number of aryl methyl sites for hydroxylation is 1. The molecule has 198 valence electrons. The molecule has 4 atom stereocenters. The van der Waals surface area contributed by atoms with Gasteiger partial charge in [-0.15, -0.1) is 5.92 Å². The first-order valence-electron chi connectivity index (χ1n) is 13.9. The lowest BCUT2D eigenvalue weighted by molar-refractivity contribution is -0.144. The number of hydrogen-bond donors (Lipinski definition) is 0. The number of ether oxygens (including phenoxy) is 1. The fraction of sp³-hybridized carbons (Fsp3) is 0.211. The second-order valence-corrected chi connectivity index (χ2v) is 11.4. The van der Waals surface area contributed by atoms with Gasteiger partial charge >= 0.3 is 5.97 Å². The van der Waals surface area contributed by atoms with Crippen LogP contribution in [0.25, 0.3) is 0 Å². The molecule has 0 N–H and O–H groups in total. The predicted octanol–water partition coefficient (Wildman–Crippen LogP) is 6.67. The molecule has 1 fully saturated rings. The largest absolute Gasteiger partial charge is 0.468 e. The van der Waals surface area contributed by atoms with Crippen LogP contribution in [0.2, 0.25) is 0 Å². The fourth-order valence-electron chi connectivity index (χ4n) is 7.94. The maximum absolute atomic E-state index is 13.7. The van der Waals surface area contributed by atoms with E-state index in [1.807, 2.05) is 74.5 Å². The lowest BCUT2D eigenvalue weighted by atomic mass is 9.83. The van der Waals surface area contributed by atoms with Crippen molar-refractivity contribution in [3.63, 3.8) is 0 Å². The summed E-state index contributed by atoms with van der Waals surface area (Å²) in [7, 11) is 1.48. The zero-order valence-corrected chi connectivity index (χ0v) is 23.5. The minimum Gasteiger partial charge on any atom is -0.468 e. The molecule has 0 amide bonds. The van der Waals surface area contributed by atoms with E-state index in [1.165, 1.54) is 18.2 Å². The zero-order chi connectivity index (χ0) is 28.5. The average Bonchev–Trinajstić information content (AvgIpc) is 3.37. The van der Waals surface area contributed by atoms with Crippen molar-refractivity contribution in [2.75, 3.05) is 7.11 Å². The minimum atomic E-state index is -0.771. The van der Waals surface area contributed by atoms with Gasteiger partial charge in [0.15, 0.2) is 5.78 Å². The van der Waals surface area contributed by atoms with Gasteiger partial charge in [0.1, 0.15) is 5.41 Å². The standard InChI is InChI=1S/C38H28O3/c1-5-10-26-20-19-25(18-17-24-12-9-14-28(22-24)34(39)27-13-8-11-23(2)21-27)31-32(26)38(36(40)41-4)35-30-16-7-6-15-29(30)33(31)37(35,38)3/h6-9,11-16,19-22,33,35H,1-4H3/t33?,35?,37-,38+/m1/s1. The van der Waals surface area contributed by atoms with E-state index in [0.29, 0.717) is 11.1 Å². The average molecular weight is 533 g/mol. The van der Waals surface area contributed by atoms with Crippen molar-refractivity contribution in [2.24, 2.45) is 5.41 Å². The Balaban J connectivity index is 1.38. The Morgan fingerprint density at radius 1 is 0.805 bits per heavy atom. The number of carbonyl (C=O) groups is 2. The Bertz CT molecular complexity index is 1940. The van der Waals surface area contributed by atoms with Crippen molar-refractivity contribution >= 4 is 11.8 Å². The number of ketones is 1. The number of rotatable bonds is 3. The zero-order valence-electron chi connectivity index (χ0n) is 23.5. The molecule has 3 aliphatic rings. The van der Waals surface area contributed by atoms with E-state index in [2.05, 4.69) is 54.9 Å². The van der Waals surface area contributed by atoms with Crippen LogP contribution in [0.5, 0.6) is 0 Å². The Morgan fingerprint density at radius 2 is 1.51 bits per heavy atom. The molecule has 3 nitrogen and oxygen atoms in total. The third kappa shape index (κ3) is 3.18. The molecule has 7 rings (SSSR count). The Labute approximate surface area is 240 Å². The first kappa shape index (κ1) is 25.1. The van der Waals surface area contributed by atoms with Gasteiger partial charge in [-0.25, -0.2) is 0 Å². The van der Waals surface area contributed by atoms with Crippen LogP contribution in [0.15, 0.2) is 84.9 Å². The molecule has 0 heterocycles. The van der Waals surface area contributed by atoms with Crippen molar-refractivity contribution < 1.29 is 14.3 Å². The van der Waals surface area contributed by atoms with E-state index in [-0.39, 0.29) is 29.0 Å². The SMILES string of the molecule is CC#Cc1ccc(C#Cc2cccc(C(=O)c3cccc(C)c3)c2)c2c1[C@@]1(C(=O)OC)C3c4ccccc4C2[C@]31C. The van der Waals surface area contributed by atoms with Gasteiger partial charge < -0.3 is 4.74 Å². The Hall–Kier alpha value is -4.86. The second kappa shape index (κ2) is 8.82. The van der Waals surface area contributed by atoms with Crippen LogP contribution in [0.3, 0.4) is 0 Å². The first-order chi connectivity index (χ1) is 19.9. The number of esters is 1. The third-order valence-electron chi connectivity index (χ3n) is 9.46. The van der Waals surface area contributed by atoms with Crippen LogP contribution >= 0.6 is 0 Å².